The monoisotopic (exact) mass is 281 g/mol. The van der Waals surface area contributed by atoms with Crippen LogP contribution in [-0.2, 0) is 6.54 Å². The van der Waals surface area contributed by atoms with Crippen molar-refractivity contribution in [1.29, 1.82) is 0 Å². The van der Waals surface area contributed by atoms with Crippen molar-refractivity contribution in [3.8, 4) is 5.75 Å². The van der Waals surface area contributed by atoms with Crippen LogP contribution in [0.3, 0.4) is 0 Å². The Balaban J connectivity index is 1.54. The molecule has 1 aliphatic rings. The number of hydrogen-bond donors (Lipinski definition) is 1. The largest absolute Gasteiger partial charge is 0.491 e. The topological polar surface area (TPSA) is 21.3 Å². The molecule has 21 heavy (non-hydrogen) atoms. The fourth-order valence-electron chi connectivity index (χ4n) is 2.45. The molecule has 0 spiro atoms. The van der Waals surface area contributed by atoms with Gasteiger partial charge in [-0.15, -0.1) is 0 Å². The van der Waals surface area contributed by atoms with Crippen molar-refractivity contribution < 1.29 is 4.74 Å². The predicted octanol–water partition coefficient (Wildman–Crippen LogP) is 4.96. The molecule has 0 bridgehead atoms. The summed E-state index contributed by atoms with van der Waals surface area (Å²) in [5.74, 6) is 1.75. The first-order chi connectivity index (χ1) is 10.2. The molecule has 0 saturated heterocycles. The van der Waals surface area contributed by atoms with E-state index in [0.717, 1.165) is 23.9 Å². The van der Waals surface area contributed by atoms with Gasteiger partial charge in [-0.05, 0) is 68.0 Å². The Labute approximate surface area is 127 Å². The Morgan fingerprint density at radius 1 is 1.00 bits per heavy atom. The molecule has 2 nitrogen and oxygen atoms in total. The summed E-state index contributed by atoms with van der Waals surface area (Å²) >= 11 is 0. The number of nitrogens with one attached hydrogen (secondary N) is 1. The molecule has 2 heteroatoms. The van der Waals surface area contributed by atoms with E-state index >= 15 is 0 Å². The molecule has 0 amide bonds. The van der Waals surface area contributed by atoms with E-state index in [0.29, 0.717) is 0 Å². The van der Waals surface area contributed by atoms with Gasteiger partial charge in [0, 0.05) is 12.2 Å². The molecule has 2 aromatic carbocycles. The van der Waals surface area contributed by atoms with Crippen LogP contribution in [0.4, 0.5) is 5.69 Å². The van der Waals surface area contributed by atoms with Gasteiger partial charge in [-0.2, -0.15) is 0 Å². The van der Waals surface area contributed by atoms with Crippen molar-refractivity contribution in [1.82, 2.24) is 0 Å². The van der Waals surface area contributed by atoms with Crippen LogP contribution in [0.5, 0.6) is 5.75 Å². The molecular weight excluding hydrogens is 258 g/mol. The lowest BCUT2D eigenvalue weighted by Crippen LogP contribution is -2.05. The van der Waals surface area contributed by atoms with Gasteiger partial charge in [0.2, 0.25) is 0 Å². The van der Waals surface area contributed by atoms with Crippen LogP contribution in [0.25, 0.3) is 0 Å². The maximum absolute atomic E-state index is 5.65. The maximum atomic E-state index is 5.65. The van der Waals surface area contributed by atoms with Crippen molar-refractivity contribution in [3.05, 3.63) is 59.7 Å². The number of rotatable bonds is 6. The van der Waals surface area contributed by atoms with E-state index in [4.69, 9.17) is 4.74 Å². The van der Waals surface area contributed by atoms with Crippen molar-refractivity contribution in [3.63, 3.8) is 0 Å². The second kappa shape index (κ2) is 6.21. The van der Waals surface area contributed by atoms with E-state index in [1.165, 1.54) is 24.0 Å². The minimum atomic E-state index is 0.216. The molecule has 0 aromatic heterocycles. The molecule has 0 atom stereocenters. The molecule has 1 aliphatic carbocycles. The molecule has 110 valence electrons. The van der Waals surface area contributed by atoms with Gasteiger partial charge >= 0.3 is 0 Å². The van der Waals surface area contributed by atoms with Crippen LogP contribution in [0.2, 0.25) is 0 Å². The number of benzene rings is 2. The standard InChI is InChI=1S/C19H23NO/c1-14(2)21-19-11-9-18(10-12-19)20-13-15-3-5-16(6-4-15)17-7-8-17/h3-6,9-12,14,17,20H,7-8,13H2,1-2H3. The van der Waals surface area contributed by atoms with Crippen molar-refractivity contribution >= 4 is 5.69 Å². The van der Waals surface area contributed by atoms with E-state index in [2.05, 4.69) is 41.7 Å². The van der Waals surface area contributed by atoms with Crippen molar-refractivity contribution in [2.75, 3.05) is 5.32 Å². The number of anilines is 1. The Morgan fingerprint density at radius 2 is 1.67 bits per heavy atom. The average molecular weight is 281 g/mol. The normalized spacial score (nSPS) is 14.2. The van der Waals surface area contributed by atoms with Crippen LogP contribution in [0.1, 0.15) is 43.7 Å². The molecule has 0 radical (unpaired) electrons. The summed E-state index contributed by atoms with van der Waals surface area (Å²) < 4.78 is 5.65. The summed E-state index contributed by atoms with van der Waals surface area (Å²) in [5.41, 5.74) is 3.94. The second-order valence-corrected chi connectivity index (χ2v) is 6.06. The Bertz CT molecular complexity index is 568. The highest BCUT2D eigenvalue weighted by Crippen LogP contribution is 2.39. The average Bonchev–Trinajstić information content (AvgIpc) is 3.31. The summed E-state index contributed by atoms with van der Waals surface area (Å²) in [5, 5.41) is 3.45. The maximum Gasteiger partial charge on any atom is 0.119 e. The van der Waals surface area contributed by atoms with Crippen molar-refractivity contribution in [2.45, 2.75) is 45.3 Å². The third kappa shape index (κ3) is 4.01. The van der Waals surface area contributed by atoms with Crippen LogP contribution in [0.15, 0.2) is 48.5 Å². The SMILES string of the molecule is CC(C)Oc1ccc(NCc2ccc(C3CC3)cc2)cc1. The first-order valence-electron chi connectivity index (χ1n) is 7.80. The highest BCUT2D eigenvalue weighted by Gasteiger charge is 2.22. The smallest absolute Gasteiger partial charge is 0.119 e. The molecule has 2 aromatic rings. The molecule has 0 aliphatic heterocycles. The second-order valence-electron chi connectivity index (χ2n) is 6.06. The molecular formula is C19H23NO. The summed E-state index contributed by atoms with van der Waals surface area (Å²) in [6.07, 6.45) is 2.94. The van der Waals surface area contributed by atoms with Crippen LogP contribution < -0.4 is 10.1 Å². The van der Waals surface area contributed by atoms with Gasteiger partial charge in [-0.1, -0.05) is 24.3 Å². The van der Waals surface area contributed by atoms with E-state index in [1.54, 1.807) is 0 Å². The first kappa shape index (κ1) is 14.0. The zero-order chi connectivity index (χ0) is 14.7. The number of hydrogen-bond acceptors (Lipinski definition) is 2. The highest BCUT2D eigenvalue weighted by atomic mass is 16.5. The molecule has 1 N–H and O–H groups in total. The van der Waals surface area contributed by atoms with E-state index in [-0.39, 0.29) is 6.10 Å². The fourth-order valence-corrected chi connectivity index (χ4v) is 2.45. The quantitative estimate of drug-likeness (QED) is 0.807. The molecule has 1 saturated carbocycles. The van der Waals surface area contributed by atoms with Crippen LogP contribution in [-0.4, -0.2) is 6.10 Å². The fraction of sp³-hybridized carbons (Fsp3) is 0.368. The van der Waals surface area contributed by atoms with Gasteiger partial charge in [-0.3, -0.25) is 0 Å². The predicted molar refractivity (Wildman–Crippen MR) is 87.9 cm³/mol. The van der Waals surface area contributed by atoms with Gasteiger partial charge in [0.1, 0.15) is 5.75 Å². The summed E-state index contributed by atoms with van der Waals surface area (Å²) in [7, 11) is 0. The highest BCUT2D eigenvalue weighted by molar-refractivity contribution is 5.47. The summed E-state index contributed by atoms with van der Waals surface area (Å²) in [4.78, 5) is 0. The third-order valence-electron chi connectivity index (χ3n) is 3.75. The Hall–Kier alpha value is -1.96. The van der Waals surface area contributed by atoms with Gasteiger partial charge in [-0.25, -0.2) is 0 Å². The third-order valence-corrected chi connectivity index (χ3v) is 3.75. The minimum Gasteiger partial charge on any atom is -0.491 e. The van der Waals surface area contributed by atoms with Gasteiger partial charge in [0.25, 0.3) is 0 Å². The molecule has 1 fully saturated rings. The van der Waals surface area contributed by atoms with Gasteiger partial charge < -0.3 is 10.1 Å². The minimum absolute atomic E-state index is 0.216. The molecule has 0 heterocycles. The summed E-state index contributed by atoms with van der Waals surface area (Å²) in [6, 6.07) is 17.2. The zero-order valence-electron chi connectivity index (χ0n) is 12.8. The lowest BCUT2D eigenvalue weighted by atomic mass is 10.1. The number of ether oxygens (including phenoxy) is 1. The van der Waals surface area contributed by atoms with Gasteiger partial charge in [0.05, 0.1) is 6.10 Å². The van der Waals surface area contributed by atoms with E-state index in [9.17, 15) is 0 Å². The summed E-state index contributed by atoms with van der Waals surface area (Å²) in [6.45, 7) is 4.93. The van der Waals surface area contributed by atoms with Crippen LogP contribution in [0, 0.1) is 0 Å². The Morgan fingerprint density at radius 3 is 2.24 bits per heavy atom. The van der Waals surface area contributed by atoms with Crippen molar-refractivity contribution in [2.24, 2.45) is 0 Å². The molecule has 0 unspecified atom stereocenters. The lowest BCUT2D eigenvalue weighted by molar-refractivity contribution is 0.242. The van der Waals surface area contributed by atoms with E-state index < -0.39 is 0 Å². The Kier molecular flexibility index (Phi) is 4.14. The zero-order valence-corrected chi connectivity index (χ0v) is 12.8. The van der Waals surface area contributed by atoms with Gasteiger partial charge in [0.15, 0.2) is 0 Å². The van der Waals surface area contributed by atoms with Crippen LogP contribution >= 0.6 is 0 Å². The van der Waals surface area contributed by atoms with E-state index in [1.807, 2.05) is 26.0 Å². The first-order valence-corrected chi connectivity index (χ1v) is 7.80. The molecule has 3 rings (SSSR count). The lowest BCUT2D eigenvalue weighted by Gasteiger charge is -2.11.